The molecule has 0 unspecified atom stereocenters. The normalized spacial score (nSPS) is 17.8. The fourth-order valence-electron chi connectivity index (χ4n) is 4.18. The first kappa shape index (κ1) is 26.4. The maximum atomic E-state index is 12.6. The van der Waals surface area contributed by atoms with Crippen molar-refractivity contribution in [3.8, 4) is 5.75 Å². The van der Waals surface area contributed by atoms with Crippen LogP contribution in [0, 0.1) is 12.8 Å². The van der Waals surface area contributed by atoms with Gasteiger partial charge in [-0.2, -0.15) is 18.5 Å². The van der Waals surface area contributed by atoms with Gasteiger partial charge >= 0.3 is 6.36 Å². The highest BCUT2D eigenvalue weighted by Gasteiger charge is 2.37. The Morgan fingerprint density at radius 2 is 1.83 bits per heavy atom. The number of benzene rings is 1. The van der Waals surface area contributed by atoms with Crippen LogP contribution in [0.5, 0.6) is 5.75 Å². The van der Waals surface area contributed by atoms with Crippen LogP contribution in [0.2, 0.25) is 0 Å². The van der Waals surface area contributed by atoms with Crippen LogP contribution in [-0.2, 0) is 4.79 Å². The van der Waals surface area contributed by atoms with Crippen molar-refractivity contribution >= 4 is 42.8 Å². The van der Waals surface area contributed by atoms with Crippen LogP contribution in [0.1, 0.15) is 29.9 Å². The predicted octanol–water partition coefficient (Wildman–Crippen LogP) is 3.15. The lowest BCUT2D eigenvalue weighted by atomic mass is 9.99. The van der Waals surface area contributed by atoms with E-state index in [0.29, 0.717) is 36.2 Å². The molecule has 1 saturated heterocycles. The van der Waals surface area contributed by atoms with Gasteiger partial charge in [0, 0.05) is 25.7 Å². The van der Waals surface area contributed by atoms with Crippen LogP contribution >= 0.6 is 13.5 Å². The Hall–Kier alpha value is -3.22. The number of aromatic nitrogens is 2. The third-order valence-electron chi connectivity index (χ3n) is 5.81. The number of fused-ring (bicyclic) bond motifs is 1. The molecule has 1 aromatic carbocycles. The van der Waals surface area contributed by atoms with E-state index < -0.39 is 6.36 Å². The number of hydrogen-bond donors (Lipinski definition) is 2. The fourth-order valence-corrected chi connectivity index (χ4v) is 4.18. The predicted molar refractivity (Wildman–Crippen MR) is 129 cm³/mol. The molecule has 2 N–H and O–H groups in total. The van der Waals surface area contributed by atoms with E-state index in [9.17, 15) is 22.8 Å². The summed E-state index contributed by atoms with van der Waals surface area (Å²) >= 11 is 0. The van der Waals surface area contributed by atoms with Crippen molar-refractivity contribution in [1.29, 1.82) is 0 Å². The van der Waals surface area contributed by atoms with Crippen LogP contribution < -0.4 is 20.3 Å². The number of anilines is 3. The van der Waals surface area contributed by atoms with Crippen molar-refractivity contribution in [1.82, 2.24) is 14.9 Å². The molecule has 9 nitrogen and oxygen atoms in total. The van der Waals surface area contributed by atoms with E-state index >= 15 is 0 Å². The Labute approximate surface area is 207 Å². The first-order valence-corrected chi connectivity index (χ1v) is 10.8. The quantitative estimate of drug-likeness (QED) is 0.635. The number of nitrogens with zero attached hydrogens (tertiary/aromatic N) is 4. The molecule has 35 heavy (non-hydrogen) atoms. The molecule has 1 fully saturated rings. The number of alkyl halides is 3. The van der Waals surface area contributed by atoms with Crippen LogP contribution in [0.15, 0.2) is 24.3 Å². The first-order chi connectivity index (χ1) is 15.9. The minimum absolute atomic E-state index is 0. The van der Waals surface area contributed by atoms with Gasteiger partial charge in [-0.05, 0) is 37.1 Å². The number of ether oxygens (including phenoxy) is 1. The van der Waals surface area contributed by atoms with Gasteiger partial charge < -0.3 is 25.2 Å². The van der Waals surface area contributed by atoms with Crippen molar-refractivity contribution in [2.45, 2.75) is 39.2 Å². The lowest BCUT2D eigenvalue weighted by Gasteiger charge is -2.40. The summed E-state index contributed by atoms with van der Waals surface area (Å²) in [5, 5.41) is 6.11. The van der Waals surface area contributed by atoms with E-state index in [1.165, 1.54) is 12.1 Å². The minimum atomic E-state index is -4.78. The summed E-state index contributed by atoms with van der Waals surface area (Å²) in [6.07, 6.45) is -4.78. The van der Waals surface area contributed by atoms with Gasteiger partial charge in [0.2, 0.25) is 11.9 Å². The van der Waals surface area contributed by atoms with Crippen LogP contribution in [0.25, 0.3) is 0 Å². The van der Waals surface area contributed by atoms with E-state index in [4.69, 9.17) is 0 Å². The number of amides is 2. The van der Waals surface area contributed by atoms with E-state index in [0.717, 1.165) is 12.1 Å². The molecule has 2 aromatic rings. The molecule has 3 heterocycles. The van der Waals surface area contributed by atoms with Gasteiger partial charge in [-0.1, -0.05) is 13.8 Å². The van der Waals surface area contributed by atoms with Gasteiger partial charge in [0.15, 0.2) is 5.82 Å². The topological polar surface area (TPSA) is 99.7 Å². The fraction of sp³-hybridized carbons (Fsp3) is 0.455. The highest BCUT2D eigenvalue weighted by Crippen LogP contribution is 2.34. The summed E-state index contributed by atoms with van der Waals surface area (Å²) in [6, 6.07) is 4.39. The van der Waals surface area contributed by atoms with E-state index in [1.54, 1.807) is 11.8 Å². The zero-order chi connectivity index (χ0) is 24.8. The van der Waals surface area contributed by atoms with Crippen molar-refractivity contribution < 1.29 is 27.5 Å². The van der Waals surface area contributed by atoms with Gasteiger partial charge in [0.05, 0.1) is 11.7 Å². The number of carbonyl (C=O) groups excluding carboxylic acids is 2. The van der Waals surface area contributed by atoms with Crippen LogP contribution in [0.3, 0.4) is 0 Å². The molecule has 0 spiro atoms. The Balaban J connectivity index is 0.00000342. The molecule has 2 aliphatic heterocycles. The van der Waals surface area contributed by atoms with Gasteiger partial charge in [-0.15, -0.1) is 13.2 Å². The number of likely N-dealkylation sites (N-methyl/N-ethyl adjacent to an activating group) is 1. The molecule has 0 bridgehead atoms. The average molecular weight is 513 g/mol. The summed E-state index contributed by atoms with van der Waals surface area (Å²) in [4.78, 5) is 37.5. The number of rotatable bonds is 5. The summed E-state index contributed by atoms with van der Waals surface area (Å²) in [7, 11) is 1.83. The molecule has 13 heteroatoms. The average Bonchev–Trinajstić information content (AvgIpc) is 2.70. The number of aryl methyl sites for hydroxylation is 1. The number of likely N-dealkylation sites (tertiary alicyclic amines) is 1. The van der Waals surface area contributed by atoms with Crippen LogP contribution in [0.4, 0.5) is 30.6 Å². The van der Waals surface area contributed by atoms with Gasteiger partial charge in [0.1, 0.15) is 17.5 Å². The van der Waals surface area contributed by atoms with Gasteiger partial charge in [-0.25, -0.2) is 4.98 Å². The van der Waals surface area contributed by atoms with Crippen molar-refractivity contribution in [2.75, 3.05) is 35.7 Å². The third-order valence-corrected chi connectivity index (χ3v) is 5.81. The van der Waals surface area contributed by atoms with Crippen molar-refractivity contribution in [2.24, 2.45) is 5.92 Å². The summed E-state index contributed by atoms with van der Waals surface area (Å²) < 4.78 is 40.7. The molecule has 0 aliphatic carbocycles. The van der Waals surface area contributed by atoms with E-state index in [-0.39, 0.29) is 54.6 Å². The van der Waals surface area contributed by atoms with Crippen LogP contribution in [-0.4, -0.2) is 65.3 Å². The Morgan fingerprint density at radius 3 is 2.40 bits per heavy atom. The largest absolute Gasteiger partial charge is 0.573 e. The second-order valence-corrected chi connectivity index (χ2v) is 8.74. The Morgan fingerprint density at radius 1 is 1.20 bits per heavy atom. The molecule has 2 aliphatic rings. The maximum Gasteiger partial charge on any atom is 0.573 e. The van der Waals surface area contributed by atoms with Crippen molar-refractivity contribution in [3.05, 3.63) is 35.5 Å². The lowest BCUT2D eigenvalue weighted by molar-refractivity contribution is -0.274. The number of hydrogen-bond acceptors (Lipinski definition) is 7. The molecule has 2 amide bonds. The van der Waals surface area contributed by atoms with E-state index in [2.05, 4.69) is 25.3 Å². The zero-order valence-corrected chi connectivity index (χ0v) is 20.6. The second-order valence-electron chi connectivity index (χ2n) is 8.74. The second kappa shape index (κ2) is 9.80. The maximum absolute atomic E-state index is 12.6. The minimum Gasteiger partial charge on any atom is -0.406 e. The first-order valence-electron chi connectivity index (χ1n) is 10.8. The SMILES string of the molecule is Cc1nc(NC2CN(C(=O)c3ccc(OC(F)(F)F)cc3)C2)nc2c1NC(=O)[C@H](C(C)C)N2C.S. The summed E-state index contributed by atoms with van der Waals surface area (Å²) in [5.74, 6) is 0.345. The Kier molecular flexibility index (Phi) is 7.39. The molecular weight excluding hydrogens is 485 g/mol. The molecule has 4 rings (SSSR count). The standard InChI is InChI=1S/C22H25F3N6O3.H2S/c1-11(2)17-19(32)28-16-12(3)26-21(29-18(16)30(17)4)27-14-9-31(10-14)20(33)13-5-7-15(8-6-13)34-22(23,24)25;/h5-8,11,14,17H,9-10H2,1-4H3,(H,28,32)(H,26,27,29);1H2/t17-;/m0./s1. The summed E-state index contributed by atoms with van der Waals surface area (Å²) in [5.41, 5.74) is 1.48. The molecule has 1 atom stereocenters. The van der Waals surface area contributed by atoms with Gasteiger partial charge in [-0.3, -0.25) is 9.59 Å². The molecule has 1 aromatic heterocycles. The molecule has 0 saturated carbocycles. The third kappa shape index (κ3) is 5.55. The number of halogens is 3. The monoisotopic (exact) mass is 512 g/mol. The zero-order valence-electron chi connectivity index (χ0n) is 19.6. The highest BCUT2D eigenvalue weighted by molar-refractivity contribution is 7.59. The van der Waals surface area contributed by atoms with E-state index in [1.807, 2.05) is 25.8 Å². The van der Waals surface area contributed by atoms with Crippen molar-refractivity contribution in [3.63, 3.8) is 0 Å². The number of carbonyl (C=O) groups is 2. The molecule has 0 radical (unpaired) electrons. The summed E-state index contributed by atoms with van der Waals surface area (Å²) in [6.45, 7) is 6.50. The highest BCUT2D eigenvalue weighted by atomic mass is 32.1. The smallest absolute Gasteiger partial charge is 0.406 e. The number of nitrogens with one attached hydrogen (secondary N) is 2. The van der Waals surface area contributed by atoms with Gasteiger partial charge in [0.25, 0.3) is 5.91 Å². The molecular formula is C22H27F3N6O3S. The Bertz CT molecular complexity index is 1110. The molecule has 190 valence electrons. The lowest BCUT2D eigenvalue weighted by Crippen LogP contribution is -2.57.